The lowest BCUT2D eigenvalue weighted by atomic mass is 10.3. The van der Waals surface area contributed by atoms with E-state index in [1.165, 1.54) is 11.4 Å². The van der Waals surface area contributed by atoms with Crippen LogP contribution in [0.1, 0.15) is 22.8 Å². The summed E-state index contributed by atoms with van der Waals surface area (Å²) in [7, 11) is -2.26. The largest absolute Gasteiger partial charge is 0.390 e. The van der Waals surface area contributed by atoms with Gasteiger partial charge < -0.3 is 5.11 Å². The minimum Gasteiger partial charge on any atom is -0.390 e. The minimum absolute atomic E-state index is 0.0279. The smallest absolute Gasteiger partial charge is 0.246 e. The molecule has 21 heavy (non-hydrogen) atoms. The monoisotopic (exact) mass is 310 g/mol. The Balaban J connectivity index is 2.33. The van der Waals surface area contributed by atoms with Crippen molar-refractivity contribution in [2.24, 2.45) is 0 Å². The molecule has 0 unspecified atom stereocenters. The molecule has 0 saturated carbocycles. The van der Waals surface area contributed by atoms with E-state index >= 15 is 0 Å². The maximum atomic E-state index is 12.6. The van der Waals surface area contributed by atoms with Crippen molar-refractivity contribution < 1.29 is 13.5 Å². The van der Waals surface area contributed by atoms with Crippen LogP contribution in [0.4, 0.5) is 0 Å². The highest BCUT2D eigenvalue weighted by Crippen LogP contribution is 2.22. The second-order valence-electron chi connectivity index (χ2n) is 4.81. The van der Waals surface area contributed by atoms with Gasteiger partial charge in [0.1, 0.15) is 10.6 Å². The topological polar surface area (TPSA) is 99.2 Å². The van der Waals surface area contributed by atoms with Gasteiger partial charge in [-0.2, -0.15) is 9.40 Å². The molecule has 0 aromatic carbocycles. The second-order valence-corrected chi connectivity index (χ2v) is 6.80. The van der Waals surface area contributed by atoms with Crippen molar-refractivity contribution in [2.75, 3.05) is 7.05 Å². The highest BCUT2D eigenvalue weighted by Gasteiger charge is 2.28. The number of H-pyrrole nitrogens is 1. The van der Waals surface area contributed by atoms with Gasteiger partial charge in [-0.1, -0.05) is 6.07 Å². The average Bonchev–Trinajstić information content (AvgIpc) is 2.80. The molecule has 0 aliphatic carbocycles. The van der Waals surface area contributed by atoms with Crippen LogP contribution in [-0.2, 0) is 23.2 Å². The summed E-state index contributed by atoms with van der Waals surface area (Å²) in [6, 6.07) is 5.46. The van der Waals surface area contributed by atoms with E-state index in [-0.39, 0.29) is 17.1 Å². The normalized spacial score (nSPS) is 12.0. The number of hydrogen-bond donors (Lipinski definition) is 2. The Morgan fingerprint density at radius 3 is 2.67 bits per heavy atom. The van der Waals surface area contributed by atoms with E-state index < -0.39 is 16.6 Å². The summed E-state index contributed by atoms with van der Waals surface area (Å²) in [6.45, 7) is 3.18. The lowest BCUT2D eigenvalue weighted by Gasteiger charge is -2.17. The highest BCUT2D eigenvalue weighted by molar-refractivity contribution is 7.89. The number of pyridine rings is 1. The number of nitrogens with zero attached hydrogens (tertiary/aromatic N) is 3. The predicted molar refractivity (Wildman–Crippen MR) is 76.9 cm³/mol. The predicted octanol–water partition coefficient (Wildman–Crippen LogP) is 0.735. The number of aryl methyl sites for hydroxylation is 2. The van der Waals surface area contributed by atoms with Gasteiger partial charge in [0.15, 0.2) is 0 Å². The highest BCUT2D eigenvalue weighted by atomic mass is 32.2. The van der Waals surface area contributed by atoms with Crippen LogP contribution >= 0.6 is 0 Å². The molecule has 0 saturated heterocycles. The number of nitrogens with one attached hydrogen (secondary N) is 1. The van der Waals surface area contributed by atoms with E-state index in [1.807, 2.05) is 19.1 Å². The standard InChI is InChI=1S/C13H18N4O3S/c1-9-5-4-6-11(14-9)7-17(3)21(19,20)13-10(2)15-16-12(13)8-18/h4-6,18H,7-8H2,1-3H3,(H,15,16). The Bertz CT molecular complexity index is 740. The van der Waals surface area contributed by atoms with Crippen LogP contribution in [0.2, 0.25) is 0 Å². The molecule has 0 amide bonds. The van der Waals surface area contributed by atoms with Crippen molar-refractivity contribution in [3.05, 3.63) is 41.0 Å². The first-order valence-corrected chi connectivity index (χ1v) is 7.84. The van der Waals surface area contributed by atoms with Crippen molar-refractivity contribution in [2.45, 2.75) is 31.9 Å². The van der Waals surface area contributed by atoms with Crippen LogP contribution in [0.5, 0.6) is 0 Å². The third-order valence-corrected chi connectivity index (χ3v) is 5.12. The molecule has 2 heterocycles. The molecule has 0 bridgehead atoms. The first-order valence-electron chi connectivity index (χ1n) is 6.40. The summed E-state index contributed by atoms with van der Waals surface area (Å²) in [5.74, 6) is 0. The van der Waals surface area contributed by atoms with E-state index in [0.29, 0.717) is 11.4 Å². The molecule has 2 aromatic rings. The SMILES string of the molecule is Cc1cccc(CN(C)S(=O)(=O)c2c(CO)n[nH]c2C)n1. The zero-order valence-electron chi connectivity index (χ0n) is 12.2. The van der Waals surface area contributed by atoms with Crippen LogP contribution in [0, 0.1) is 13.8 Å². The van der Waals surface area contributed by atoms with Crippen molar-refractivity contribution in [3.8, 4) is 0 Å². The molecule has 2 rings (SSSR count). The molecule has 114 valence electrons. The Morgan fingerprint density at radius 2 is 2.05 bits per heavy atom. The number of aromatic amines is 1. The fourth-order valence-corrected chi connectivity index (χ4v) is 3.53. The lowest BCUT2D eigenvalue weighted by Crippen LogP contribution is -2.28. The van der Waals surface area contributed by atoms with Crippen molar-refractivity contribution >= 4 is 10.0 Å². The summed E-state index contributed by atoms with van der Waals surface area (Å²) < 4.78 is 26.4. The summed E-state index contributed by atoms with van der Waals surface area (Å²) in [4.78, 5) is 4.32. The average molecular weight is 310 g/mol. The molecule has 0 fully saturated rings. The number of aliphatic hydroxyl groups is 1. The van der Waals surface area contributed by atoms with Crippen LogP contribution in [0.25, 0.3) is 0 Å². The Kier molecular flexibility index (Phi) is 4.40. The van der Waals surface area contributed by atoms with Gasteiger partial charge in [0.25, 0.3) is 0 Å². The number of aromatic nitrogens is 3. The summed E-state index contributed by atoms with van der Waals surface area (Å²) in [6.07, 6.45) is 0. The molecule has 2 N–H and O–H groups in total. The van der Waals surface area contributed by atoms with Crippen LogP contribution in [-0.4, -0.2) is 40.1 Å². The third kappa shape index (κ3) is 3.12. The van der Waals surface area contributed by atoms with Crippen LogP contribution < -0.4 is 0 Å². The molecule has 7 nitrogen and oxygen atoms in total. The zero-order chi connectivity index (χ0) is 15.6. The van der Waals surface area contributed by atoms with E-state index in [9.17, 15) is 13.5 Å². The van der Waals surface area contributed by atoms with Gasteiger partial charge in [0.2, 0.25) is 10.0 Å². The molecular weight excluding hydrogens is 292 g/mol. The second kappa shape index (κ2) is 5.92. The molecule has 0 aliphatic rings. The van der Waals surface area contributed by atoms with Crippen molar-refractivity contribution in [1.29, 1.82) is 0 Å². The number of rotatable bonds is 5. The third-order valence-electron chi connectivity index (χ3n) is 3.11. The Labute approximate surface area is 123 Å². The van der Waals surface area contributed by atoms with Gasteiger partial charge >= 0.3 is 0 Å². The fourth-order valence-electron chi connectivity index (χ4n) is 2.08. The quantitative estimate of drug-likeness (QED) is 0.848. The minimum atomic E-state index is -3.74. The Morgan fingerprint density at radius 1 is 1.33 bits per heavy atom. The van der Waals surface area contributed by atoms with Gasteiger partial charge in [-0.15, -0.1) is 0 Å². The summed E-state index contributed by atoms with van der Waals surface area (Å²) in [5, 5.41) is 15.6. The maximum Gasteiger partial charge on any atom is 0.246 e. The molecule has 0 aliphatic heterocycles. The van der Waals surface area contributed by atoms with Gasteiger partial charge in [0, 0.05) is 12.7 Å². The maximum absolute atomic E-state index is 12.6. The van der Waals surface area contributed by atoms with Gasteiger partial charge in [-0.25, -0.2) is 8.42 Å². The van der Waals surface area contributed by atoms with Crippen molar-refractivity contribution in [3.63, 3.8) is 0 Å². The number of sulfonamides is 1. The van der Waals surface area contributed by atoms with Crippen molar-refractivity contribution in [1.82, 2.24) is 19.5 Å². The molecular formula is C13H18N4O3S. The number of aliphatic hydroxyl groups excluding tert-OH is 1. The van der Waals surface area contributed by atoms with Gasteiger partial charge in [0.05, 0.1) is 24.5 Å². The molecule has 2 aromatic heterocycles. The zero-order valence-corrected chi connectivity index (χ0v) is 13.0. The lowest BCUT2D eigenvalue weighted by molar-refractivity contribution is 0.273. The van der Waals surface area contributed by atoms with E-state index in [0.717, 1.165) is 5.69 Å². The van der Waals surface area contributed by atoms with Crippen LogP contribution in [0.3, 0.4) is 0 Å². The van der Waals surface area contributed by atoms with E-state index in [1.54, 1.807) is 13.0 Å². The van der Waals surface area contributed by atoms with Crippen LogP contribution in [0.15, 0.2) is 23.1 Å². The van der Waals surface area contributed by atoms with Gasteiger partial charge in [-0.05, 0) is 26.0 Å². The first kappa shape index (κ1) is 15.6. The first-order chi connectivity index (χ1) is 9.86. The number of hydrogen-bond acceptors (Lipinski definition) is 5. The fraction of sp³-hybridized carbons (Fsp3) is 0.385. The molecule has 0 atom stereocenters. The summed E-state index contributed by atoms with van der Waals surface area (Å²) in [5.41, 5.74) is 2.02. The van der Waals surface area contributed by atoms with E-state index in [4.69, 9.17) is 0 Å². The molecule has 8 heteroatoms. The summed E-state index contributed by atoms with van der Waals surface area (Å²) >= 11 is 0. The van der Waals surface area contributed by atoms with Gasteiger partial charge in [-0.3, -0.25) is 10.1 Å². The molecule has 0 spiro atoms. The van der Waals surface area contributed by atoms with E-state index in [2.05, 4.69) is 15.2 Å². The Hall–Kier alpha value is -1.77. The molecule has 0 radical (unpaired) electrons.